The fourth-order valence-electron chi connectivity index (χ4n) is 2.05. The average Bonchev–Trinajstić information content (AvgIpc) is 2.75. The summed E-state index contributed by atoms with van der Waals surface area (Å²) in [5.74, 6) is -0.749. The van der Waals surface area contributed by atoms with Crippen LogP contribution in [0.2, 0.25) is 0 Å². The van der Waals surface area contributed by atoms with Crippen molar-refractivity contribution in [3.05, 3.63) is 21.9 Å². The standard InChI is InChI=1S/C14H22O3S/c1-5-9-14(16,13(15)17-6-2)11(4)12-8-7-10(3)18-12/h7-8,11,16H,5-6,9H2,1-4H3. The molecule has 0 aliphatic carbocycles. The van der Waals surface area contributed by atoms with E-state index in [0.717, 1.165) is 11.3 Å². The zero-order chi connectivity index (χ0) is 13.8. The Morgan fingerprint density at radius 1 is 1.50 bits per heavy atom. The lowest BCUT2D eigenvalue weighted by Crippen LogP contribution is -2.44. The van der Waals surface area contributed by atoms with Gasteiger partial charge in [0.25, 0.3) is 0 Å². The molecule has 3 nitrogen and oxygen atoms in total. The maximum absolute atomic E-state index is 12.0. The lowest BCUT2D eigenvalue weighted by molar-refractivity contribution is -0.168. The Morgan fingerprint density at radius 3 is 2.61 bits per heavy atom. The van der Waals surface area contributed by atoms with Crippen LogP contribution in [0.3, 0.4) is 0 Å². The van der Waals surface area contributed by atoms with Crippen molar-refractivity contribution in [1.82, 2.24) is 0 Å². The Kier molecular flexibility index (Phi) is 5.35. The molecule has 4 heteroatoms. The summed E-state index contributed by atoms with van der Waals surface area (Å²) >= 11 is 1.62. The Hall–Kier alpha value is -0.870. The molecule has 0 saturated carbocycles. The third-order valence-corrected chi connectivity index (χ3v) is 4.35. The zero-order valence-electron chi connectivity index (χ0n) is 11.5. The van der Waals surface area contributed by atoms with Crippen LogP contribution in [0.25, 0.3) is 0 Å². The lowest BCUT2D eigenvalue weighted by atomic mass is 9.84. The summed E-state index contributed by atoms with van der Waals surface area (Å²) in [4.78, 5) is 14.2. The Morgan fingerprint density at radius 2 is 2.17 bits per heavy atom. The Labute approximate surface area is 113 Å². The first-order valence-electron chi connectivity index (χ1n) is 6.41. The van der Waals surface area contributed by atoms with Gasteiger partial charge in [-0.25, -0.2) is 4.79 Å². The summed E-state index contributed by atoms with van der Waals surface area (Å²) in [6.45, 7) is 7.91. The number of carbonyl (C=O) groups excluding carboxylic acids is 1. The molecule has 0 spiro atoms. The van der Waals surface area contributed by atoms with Crippen LogP contribution in [0.5, 0.6) is 0 Å². The van der Waals surface area contributed by atoms with Crippen molar-refractivity contribution >= 4 is 17.3 Å². The molecule has 0 aliphatic heterocycles. The van der Waals surface area contributed by atoms with Gasteiger partial charge < -0.3 is 9.84 Å². The minimum absolute atomic E-state index is 0.241. The quantitative estimate of drug-likeness (QED) is 0.807. The minimum Gasteiger partial charge on any atom is -0.464 e. The molecule has 0 aromatic carbocycles. The average molecular weight is 270 g/mol. The van der Waals surface area contributed by atoms with Crippen LogP contribution < -0.4 is 0 Å². The second kappa shape index (κ2) is 6.34. The van der Waals surface area contributed by atoms with Gasteiger partial charge in [-0.2, -0.15) is 0 Å². The van der Waals surface area contributed by atoms with Crippen LogP contribution in [0, 0.1) is 6.92 Å². The molecule has 0 saturated heterocycles. The molecular formula is C14H22O3S. The highest BCUT2D eigenvalue weighted by molar-refractivity contribution is 7.12. The fraction of sp³-hybridized carbons (Fsp3) is 0.643. The highest BCUT2D eigenvalue weighted by Gasteiger charge is 2.43. The number of rotatable bonds is 6. The van der Waals surface area contributed by atoms with E-state index in [9.17, 15) is 9.90 Å². The second-order valence-corrected chi connectivity index (χ2v) is 5.88. The third-order valence-electron chi connectivity index (χ3n) is 3.16. The predicted molar refractivity (Wildman–Crippen MR) is 74.0 cm³/mol. The summed E-state index contributed by atoms with van der Waals surface area (Å²) in [6.07, 6.45) is 1.16. The van der Waals surface area contributed by atoms with E-state index in [0.29, 0.717) is 13.0 Å². The predicted octanol–water partition coefficient (Wildman–Crippen LogP) is 3.25. The zero-order valence-corrected chi connectivity index (χ0v) is 12.3. The van der Waals surface area contributed by atoms with Crippen molar-refractivity contribution in [2.24, 2.45) is 0 Å². The van der Waals surface area contributed by atoms with E-state index in [1.807, 2.05) is 32.9 Å². The van der Waals surface area contributed by atoms with E-state index in [1.54, 1.807) is 18.3 Å². The van der Waals surface area contributed by atoms with Crippen LogP contribution in [0.15, 0.2) is 12.1 Å². The topological polar surface area (TPSA) is 46.5 Å². The van der Waals surface area contributed by atoms with Gasteiger partial charge in [-0.1, -0.05) is 20.3 Å². The van der Waals surface area contributed by atoms with Gasteiger partial charge in [-0.05, 0) is 32.4 Å². The SMILES string of the molecule is CCCC(O)(C(=O)OCC)C(C)c1ccc(C)s1. The number of thiophene rings is 1. The van der Waals surface area contributed by atoms with Crippen molar-refractivity contribution in [1.29, 1.82) is 0 Å². The van der Waals surface area contributed by atoms with Gasteiger partial charge >= 0.3 is 5.97 Å². The van der Waals surface area contributed by atoms with E-state index in [2.05, 4.69) is 0 Å². The number of hydrogen-bond donors (Lipinski definition) is 1. The molecule has 1 aromatic rings. The van der Waals surface area contributed by atoms with Crippen LogP contribution in [0.1, 0.15) is 49.3 Å². The minimum atomic E-state index is -1.41. The number of hydrogen-bond acceptors (Lipinski definition) is 4. The molecular weight excluding hydrogens is 248 g/mol. The maximum Gasteiger partial charge on any atom is 0.338 e. The Bertz CT molecular complexity index is 399. The first kappa shape index (κ1) is 15.2. The number of aliphatic hydroxyl groups is 1. The van der Waals surface area contributed by atoms with Crippen molar-refractivity contribution in [2.75, 3.05) is 6.61 Å². The maximum atomic E-state index is 12.0. The van der Waals surface area contributed by atoms with E-state index in [-0.39, 0.29) is 5.92 Å². The number of ether oxygens (including phenoxy) is 1. The molecule has 1 heterocycles. The lowest BCUT2D eigenvalue weighted by Gasteiger charge is -2.31. The van der Waals surface area contributed by atoms with Gasteiger partial charge in [0.05, 0.1) is 6.61 Å². The largest absolute Gasteiger partial charge is 0.464 e. The second-order valence-electron chi connectivity index (χ2n) is 4.56. The van der Waals surface area contributed by atoms with Crippen molar-refractivity contribution < 1.29 is 14.6 Å². The summed E-state index contributed by atoms with van der Waals surface area (Å²) in [5.41, 5.74) is -1.41. The molecule has 18 heavy (non-hydrogen) atoms. The normalized spacial score (nSPS) is 16.1. The molecule has 0 bridgehead atoms. The van der Waals surface area contributed by atoms with Gasteiger partial charge in [-0.3, -0.25) is 0 Å². The smallest absolute Gasteiger partial charge is 0.338 e. The van der Waals surface area contributed by atoms with E-state index >= 15 is 0 Å². The van der Waals surface area contributed by atoms with E-state index in [1.165, 1.54) is 4.88 Å². The first-order valence-corrected chi connectivity index (χ1v) is 7.23. The highest BCUT2D eigenvalue weighted by atomic mass is 32.1. The summed E-state index contributed by atoms with van der Waals surface area (Å²) in [5, 5.41) is 10.7. The third kappa shape index (κ3) is 3.12. The van der Waals surface area contributed by atoms with E-state index < -0.39 is 11.6 Å². The van der Waals surface area contributed by atoms with Gasteiger partial charge in [0, 0.05) is 15.7 Å². The van der Waals surface area contributed by atoms with Crippen LogP contribution in [-0.4, -0.2) is 23.3 Å². The van der Waals surface area contributed by atoms with Gasteiger partial charge in [0.15, 0.2) is 5.60 Å². The summed E-state index contributed by atoms with van der Waals surface area (Å²) in [7, 11) is 0. The first-order chi connectivity index (χ1) is 8.45. The van der Waals surface area contributed by atoms with Crippen LogP contribution >= 0.6 is 11.3 Å². The molecule has 1 aromatic heterocycles. The number of esters is 1. The molecule has 2 unspecified atom stereocenters. The monoisotopic (exact) mass is 270 g/mol. The highest BCUT2D eigenvalue weighted by Crippen LogP contribution is 2.36. The molecule has 0 aliphatic rings. The number of aryl methyl sites for hydroxylation is 1. The molecule has 1 N–H and O–H groups in total. The van der Waals surface area contributed by atoms with E-state index in [4.69, 9.17) is 4.74 Å². The molecule has 0 fully saturated rings. The fourth-order valence-corrected chi connectivity index (χ4v) is 3.07. The van der Waals surface area contributed by atoms with Crippen LogP contribution in [-0.2, 0) is 9.53 Å². The van der Waals surface area contributed by atoms with Gasteiger partial charge in [-0.15, -0.1) is 11.3 Å². The molecule has 0 amide bonds. The van der Waals surface area contributed by atoms with Gasteiger partial charge in [0.2, 0.25) is 0 Å². The summed E-state index contributed by atoms with van der Waals surface area (Å²) < 4.78 is 5.02. The van der Waals surface area contributed by atoms with Crippen molar-refractivity contribution in [2.45, 2.75) is 52.1 Å². The van der Waals surface area contributed by atoms with Gasteiger partial charge in [0.1, 0.15) is 0 Å². The van der Waals surface area contributed by atoms with Crippen molar-refractivity contribution in [3.8, 4) is 0 Å². The molecule has 0 radical (unpaired) electrons. The Balaban J connectivity index is 2.99. The molecule has 2 atom stereocenters. The number of carbonyl (C=O) groups is 1. The summed E-state index contributed by atoms with van der Waals surface area (Å²) in [6, 6.07) is 3.98. The molecule has 102 valence electrons. The van der Waals surface area contributed by atoms with Crippen LogP contribution in [0.4, 0.5) is 0 Å². The molecule has 1 rings (SSSR count). The van der Waals surface area contributed by atoms with Crippen molar-refractivity contribution in [3.63, 3.8) is 0 Å².